The van der Waals surface area contributed by atoms with Crippen molar-refractivity contribution in [2.75, 3.05) is 6.54 Å². The second kappa shape index (κ2) is 7.92. The van der Waals surface area contributed by atoms with Gasteiger partial charge in [0.25, 0.3) is 0 Å². The van der Waals surface area contributed by atoms with Crippen LogP contribution < -0.4 is 10.1 Å². The van der Waals surface area contributed by atoms with Crippen LogP contribution in [0.5, 0.6) is 5.75 Å². The Kier molecular flexibility index (Phi) is 5.58. The largest absolute Gasteiger partial charge is 0.573 e. The third kappa shape index (κ3) is 4.82. The lowest BCUT2D eigenvalue weighted by molar-refractivity contribution is -0.274. The molecule has 0 saturated heterocycles. The summed E-state index contributed by atoms with van der Waals surface area (Å²) in [7, 11) is 0. The molecular formula is C20H18F3NO4. The summed E-state index contributed by atoms with van der Waals surface area (Å²) in [6.07, 6.45) is -4.43. The lowest BCUT2D eigenvalue weighted by Gasteiger charge is -2.15. The fourth-order valence-electron chi connectivity index (χ4n) is 3.20. The van der Waals surface area contributed by atoms with Gasteiger partial charge in [0.2, 0.25) is 5.91 Å². The summed E-state index contributed by atoms with van der Waals surface area (Å²) in [5, 5.41) is 12.0. The molecule has 1 amide bonds. The molecule has 1 fully saturated rings. The summed E-state index contributed by atoms with van der Waals surface area (Å²) in [6.45, 7) is -0.0951. The van der Waals surface area contributed by atoms with E-state index in [1.165, 1.54) is 18.2 Å². The molecule has 3 atom stereocenters. The fourth-order valence-corrected chi connectivity index (χ4v) is 3.20. The Hall–Kier alpha value is -3.03. The maximum atomic E-state index is 12.6. The molecule has 1 aliphatic rings. The standard InChI is InChI=1S/C20H18F3NO4/c21-20(22,23)28-17-9-5-4-8-13(17)14-10-15(14)18(25)24-11-16(19(26)27)12-6-2-1-3-7-12/h1-9,14-16H,10-11H2,(H,24,25)(H,26,27). The van der Waals surface area contributed by atoms with Crippen LogP contribution in [0.3, 0.4) is 0 Å². The molecule has 0 radical (unpaired) electrons. The third-order valence-electron chi connectivity index (χ3n) is 4.65. The van der Waals surface area contributed by atoms with Crippen molar-refractivity contribution in [2.24, 2.45) is 5.92 Å². The summed E-state index contributed by atoms with van der Waals surface area (Å²) in [4.78, 5) is 23.9. The molecule has 1 aliphatic carbocycles. The molecule has 0 heterocycles. The highest BCUT2D eigenvalue weighted by atomic mass is 19.4. The number of carboxylic acids is 1. The van der Waals surface area contributed by atoms with Crippen LogP contribution in [-0.4, -0.2) is 29.9 Å². The van der Waals surface area contributed by atoms with Crippen LogP contribution in [-0.2, 0) is 9.59 Å². The summed E-state index contributed by atoms with van der Waals surface area (Å²) >= 11 is 0. The number of alkyl halides is 3. The van der Waals surface area contributed by atoms with Crippen LogP contribution in [0.15, 0.2) is 54.6 Å². The van der Waals surface area contributed by atoms with Crippen LogP contribution in [0.1, 0.15) is 29.4 Å². The molecule has 3 unspecified atom stereocenters. The molecule has 1 saturated carbocycles. The minimum absolute atomic E-state index is 0.0951. The lowest BCUT2D eigenvalue weighted by Crippen LogP contribution is -2.33. The van der Waals surface area contributed by atoms with Gasteiger partial charge < -0.3 is 15.2 Å². The number of rotatable bonds is 7. The van der Waals surface area contributed by atoms with Crippen LogP contribution in [0.4, 0.5) is 13.2 Å². The van der Waals surface area contributed by atoms with E-state index in [0.717, 1.165) is 0 Å². The molecule has 0 spiro atoms. The molecule has 148 valence electrons. The molecule has 8 heteroatoms. The average molecular weight is 393 g/mol. The smallest absolute Gasteiger partial charge is 0.481 e. The number of aliphatic carboxylic acids is 1. The SMILES string of the molecule is O=C(O)C(CNC(=O)C1CC1c1ccccc1OC(F)(F)F)c1ccccc1. The van der Waals surface area contributed by atoms with E-state index in [2.05, 4.69) is 10.1 Å². The van der Waals surface area contributed by atoms with E-state index in [4.69, 9.17) is 0 Å². The van der Waals surface area contributed by atoms with E-state index in [1.807, 2.05) is 0 Å². The van der Waals surface area contributed by atoms with Crippen molar-refractivity contribution in [3.63, 3.8) is 0 Å². The van der Waals surface area contributed by atoms with Gasteiger partial charge in [-0.25, -0.2) is 0 Å². The first-order chi connectivity index (χ1) is 13.3. The molecule has 28 heavy (non-hydrogen) atoms. The number of hydrogen-bond acceptors (Lipinski definition) is 3. The van der Waals surface area contributed by atoms with E-state index in [0.29, 0.717) is 17.5 Å². The maximum absolute atomic E-state index is 12.6. The Morgan fingerprint density at radius 2 is 1.75 bits per heavy atom. The highest BCUT2D eigenvalue weighted by Gasteiger charge is 2.46. The topological polar surface area (TPSA) is 75.6 Å². The van der Waals surface area contributed by atoms with Crippen LogP contribution in [0.2, 0.25) is 0 Å². The summed E-state index contributed by atoms with van der Waals surface area (Å²) < 4.78 is 41.7. The van der Waals surface area contributed by atoms with E-state index >= 15 is 0 Å². The van der Waals surface area contributed by atoms with Gasteiger partial charge in [0.1, 0.15) is 5.75 Å². The van der Waals surface area contributed by atoms with Crippen LogP contribution in [0, 0.1) is 5.92 Å². The zero-order valence-corrected chi connectivity index (χ0v) is 14.6. The Bertz CT molecular complexity index is 854. The second-order valence-corrected chi connectivity index (χ2v) is 6.58. The summed E-state index contributed by atoms with van der Waals surface area (Å²) in [6, 6.07) is 14.2. The number of amides is 1. The van der Waals surface area contributed by atoms with Crippen molar-refractivity contribution in [2.45, 2.75) is 24.6 Å². The maximum Gasteiger partial charge on any atom is 0.573 e. The van der Waals surface area contributed by atoms with Crippen molar-refractivity contribution in [3.05, 3.63) is 65.7 Å². The Morgan fingerprint density at radius 3 is 2.39 bits per heavy atom. The van der Waals surface area contributed by atoms with Gasteiger partial charge in [-0.2, -0.15) is 0 Å². The first-order valence-electron chi connectivity index (χ1n) is 8.66. The number of ether oxygens (including phenoxy) is 1. The number of carboxylic acid groups (broad SMARTS) is 1. The van der Waals surface area contributed by atoms with Crippen molar-refractivity contribution in [1.29, 1.82) is 0 Å². The van der Waals surface area contributed by atoms with Gasteiger partial charge in [0.15, 0.2) is 0 Å². The minimum atomic E-state index is -4.81. The van der Waals surface area contributed by atoms with E-state index in [-0.39, 0.29) is 18.2 Å². The number of carbonyl (C=O) groups excluding carboxylic acids is 1. The predicted molar refractivity (Wildman–Crippen MR) is 93.8 cm³/mol. The van der Waals surface area contributed by atoms with Crippen molar-refractivity contribution < 1.29 is 32.6 Å². The Morgan fingerprint density at radius 1 is 1.11 bits per heavy atom. The average Bonchev–Trinajstić information content (AvgIpc) is 3.42. The second-order valence-electron chi connectivity index (χ2n) is 6.58. The zero-order valence-electron chi connectivity index (χ0n) is 14.6. The summed E-state index contributed by atoms with van der Waals surface area (Å²) in [5.41, 5.74) is 0.879. The van der Waals surface area contributed by atoms with Crippen molar-refractivity contribution in [3.8, 4) is 5.75 Å². The van der Waals surface area contributed by atoms with Gasteiger partial charge in [-0.3, -0.25) is 9.59 Å². The predicted octanol–water partition coefficient (Wildman–Crippen LogP) is 3.67. The minimum Gasteiger partial charge on any atom is -0.481 e. The van der Waals surface area contributed by atoms with Gasteiger partial charge in [0, 0.05) is 12.5 Å². The molecule has 0 aliphatic heterocycles. The lowest BCUT2D eigenvalue weighted by atomic mass is 9.99. The number of halogens is 3. The monoisotopic (exact) mass is 393 g/mol. The van der Waals surface area contributed by atoms with E-state index in [9.17, 15) is 27.9 Å². The van der Waals surface area contributed by atoms with E-state index in [1.54, 1.807) is 36.4 Å². The normalized spacial score (nSPS) is 19.5. The van der Waals surface area contributed by atoms with Crippen molar-refractivity contribution >= 4 is 11.9 Å². The molecule has 2 aromatic rings. The highest BCUT2D eigenvalue weighted by Crippen LogP contribution is 2.51. The number of para-hydroxylation sites is 1. The van der Waals surface area contributed by atoms with Gasteiger partial charge >= 0.3 is 12.3 Å². The van der Waals surface area contributed by atoms with E-state index < -0.39 is 30.1 Å². The van der Waals surface area contributed by atoms with Crippen molar-refractivity contribution in [1.82, 2.24) is 5.32 Å². The molecule has 0 aromatic heterocycles. The van der Waals surface area contributed by atoms with Gasteiger partial charge in [0.05, 0.1) is 5.92 Å². The summed E-state index contributed by atoms with van der Waals surface area (Å²) in [5.74, 6) is -3.57. The molecule has 2 N–H and O–H groups in total. The molecule has 0 bridgehead atoms. The third-order valence-corrected chi connectivity index (χ3v) is 4.65. The highest BCUT2D eigenvalue weighted by molar-refractivity contribution is 5.84. The van der Waals surface area contributed by atoms with Crippen LogP contribution in [0.25, 0.3) is 0 Å². The first-order valence-corrected chi connectivity index (χ1v) is 8.66. The number of nitrogens with one attached hydrogen (secondary N) is 1. The molecule has 3 rings (SSSR count). The van der Waals surface area contributed by atoms with Gasteiger partial charge in [-0.05, 0) is 29.5 Å². The quantitative estimate of drug-likeness (QED) is 0.753. The Labute approximate surface area is 159 Å². The Balaban J connectivity index is 1.63. The number of hydrogen-bond donors (Lipinski definition) is 2. The first kappa shape index (κ1) is 19.7. The fraction of sp³-hybridized carbons (Fsp3) is 0.300. The molecular weight excluding hydrogens is 375 g/mol. The molecule has 5 nitrogen and oxygen atoms in total. The van der Waals surface area contributed by atoms with Crippen LogP contribution >= 0.6 is 0 Å². The van der Waals surface area contributed by atoms with Gasteiger partial charge in [-0.1, -0.05) is 48.5 Å². The number of benzene rings is 2. The number of carbonyl (C=O) groups is 2. The zero-order chi connectivity index (χ0) is 20.3. The van der Waals surface area contributed by atoms with Gasteiger partial charge in [-0.15, -0.1) is 13.2 Å². The molecule has 2 aromatic carbocycles.